The first-order chi connectivity index (χ1) is 13.7. The maximum Gasteiger partial charge on any atom is 0.321 e. The molecule has 0 aliphatic heterocycles. The van der Waals surface area contributed by atoms with E-state index in [2.05, 4.69) is 20.7 Å². The summed E-state index contributed by atoms with van der Waals surface area (Å²) in [6.45, 7) is 1.09. The Kier molecular flexibility index (Phi) is 8.30. The molecule has 0 saturated heterocycles. The molecule has 0 spiro atoms. The van der Waals surface area contributed by atoms with Crippen LogP contribution in [0.1, 0.15) is 12.5 Å². The van der Waals surface area contributed by atoms with Gasteiger partial charge in [0.05, 0.1) is 4.90 Å². The third kappa shape index (κ3) is 7.22. The molecule has 0 heterocycles. The van der Waals surface area contributed by atoms with Crippen molar-refractivity contribution in [1.29, 1.82) is 0 Å². The lowest BCUT2D eigenvalue weighted by Gasteiger charge is -2.21. The van der Waals surface area contributed by atoms with Gasteiger partial charge in [0.2, 0.25) is 10.0 Å². The second-order valence-corrected chi connectivity index (χ2v) is 8.66. The zero-order valence-electron chi connectivity index (χ0n) is 15.6. The van der Waals surface area contributed by atoms with Gasteiger partial charge in [-0.15, -0.1) is 0 Å². The molecule has 0 aliphatic carbocycles. The van der Waals surface area contributed by atoms with E-state index in [-0.39, 0.29) is 11.4 Å². The average molecular weight is 487 g/mol. The van der Waals surface area contributed by atoms with E-state index >= 15 is 0 Å². The lowest BCUT2D eigenvalue weighted by molar-refractivity contribution is -0.151. The van der Waals surface area contributed by atoms with Gasteiger partial charge in [-0.2, -0.15) is 4.72 Å². The summed E-state index contributed by atoms with van der Waals surface area (Å²) in [6, 6.07) is 11.8. The number of hydrogen-bond donors (Lipinski definition) is 1. The molecule has 156 valence electrons. The van der Waals surface area contributed by atoms with Crippen LogP contribution in [-0.2, 0) is 30.9 Å². The first-order valence-electron chi connectivity index (χ1n) is 8.64. The van der Waals surface area contributed by atoms with Crippen LogP contribution >= 0.6 is 15.9 Å². The smallest absolute Gasteiger partial charge is 0.321 e. The highest BCUT2D eigenvalue weighted by Gasteiger charge is 2.18. The normalized spacial score (nSPS) is 11.1. The Hall–Kier alpha value is -2.30. The van der Waals surface area contributed by atoms with Gasteiger partial charge in [0, 0.05) is 17.6 Å². The second kappa shape index (κ2) is 10.5. The lowest BCUT2D eigenvalue weighted by Crippen LogP contribution is -2.36. The highest BCUT2D eigenvalue weighted by molar-refractivity contribution is 9.10. The summed E-state index contributed by atoms with van der Waals surface area (Å²) >= 11 is 3.18. The highest BCUT2D eigenvalue weighted by atomic mass is 79.9. The molecule has 1 amide bonds. The van der Waals surface area contributed by atoms with Gasteiger partial charge in [0.15, 0.2) is 6.61 Å². The van der Waals surface area contributed by atoms with Crippen molar-refractivity contribution in [2.45, 2.75) is 18.4 Å². The van der Waals surface area contributed by atoms with E-state index in [0.717, 1.165) is 0 Å². The quantitative estimate of drug-likeness (QED) is 0.549. The number of likely N-dealkylation sites (N-methyl/N-ethyl adjacent to an activating group) is 1. The summed E-state index contributed by atoms with van der Waals surface area (Å²) in [5, 5.41) is 0. The van der Waals surface area contributed by atoms with Crippen molar-refractivity contribution in [1.82, 2.24) is 9.62 Å². The number of sulfonamides is 1. The molecule has 2 aromatic carbocycles. The van der Waals surface area contributed by atoms with Crippen LogP contribution in [0.4, 0.5) is 4.39 Å². The molecule has 0 saturated carbocycles. The summed E-state index contributed by atoms with van der Waals surface area (Å²) in [5.41, 5.74) is 0.605. The van der Waals surface area contributed by atoms with Crippen LogP contribution in [0.2, 0.25) is 0 Å². The predicted molar refractivity (Wildman–Crippen MR) is 108 cm³/mol. The van der Waals surface area contributed by atoms with Crippen molar-refractivity contribution in [2.24, 2.45) is 0 Å². The van der Waals surface area contributed by atoms with Crippen molar-refractivity contribution in [3.63, 3.8) is 0 Å². The van der Waals surface area contributed by atoms with E-state index in [4.69, 9.17) is 4.74 Å². The summed E-state index contributed by atoms with van der Waals surface area (Å²) in [4.78, 5) is 25.5. The Morgan fingerprint density at radius 3 is 2.55 bits per heavy atom. The first kappa shape index (κ1) is 23.0. The van der Waals surface area contributed by atoms with Crippen LogP contribution < -0.4 is 4.72 Å². The van der Waals surface area contributed by atoms with Gasteiger partial charge in [-0.3, -0.25) is 9.59 Å². The number of rotatable bonds is 9. The fourth-order valence-electron chi connectivity index (χ4n) is 2.39. The zero-order chi connectivity index (χ0) is 21.4. The maximum absolute atomic E-state index is 13.3. The van der Waals surface area contributed by atoms with Crippen molar-refractivity contribution in [2.75, 3.05) is 19.7 Å². The van der Waals surface area contributed by atoms with Gasteiger partial charge >= 0.3 is 5.97 Å². The molecule has 0 aliphatic rings. The fourth-order valence-corrected chi connectivity index (χ4v) is 3.95. The fraction of sp³-hybridized carbons (Fsp3) is 0.263. The van der Waals surface area contributed by atoms with Crippen LogP contribution in [0.25, 0.3) is 0 Å². The SMILES string of the molecule is CCN(Cc1cccc(F)c1)C(=O)COC(=O)CNS(=O)(=O)c1cccc(Br)c1. The van der Waals surface area contributed by atoms with E-state index in [1.807, 2.05) is 0 Å². The number of nitrogens with one attached hydrogen (secondary N) is 1. The Bertz CT molecular complexity index is 984. The lowest BCUT2D eigenvalue weighted by atomic mass is 10.2. The standard InChI is InChI=1S/C19H20BrFN2O5S/c1-2-23(12-14-5-3-7-16(21)9-14)18(24)13-28-19(25)11-22-29(26,27)17-8-4-6-15(20)10-17/h3-10,22H,2,11-13H2,1H3. The monoisotopic (exact) mass is 486 g/mol. The molecule has 0 fully saturated rings. The maximum atomic E-state index is 13.3. The molecule has 2 rings (SSSR count). The minimum Gasteiger partial charge on any atom is -0.455 e. The largest absolute Gasteiger partial charge is 0.455 e. The Morgan fingerprint density at radius 1 is 1.17 bits per heavy atom. The summed E-state index contributed by atoms with van der Waals surface area (Å²) < 4.78 is 45.2. The summed E-state index contributed by atoms with van der Waals surface area (Å²) in [5.74, 6) is -1.77. The highest BCUT2D eigenvalue weighted by Crippen LogP contribution is 2.15. The number of halogens is 2. The number of esters is 1. The predicted octanol–water partition coefficient (Wildman–Crippen LogP) is 2.46. The number of benzene rings is 2. The Labute approximate surface area is 177 Å². The third-order valence-corrected chi connectivity index (χ3v) is 5.76. The molecule has 0 atom stereocenters. The molecular weight excluding hydrogens is 467 g/mol. The van der Waals surface area contributed by atoms with Crippen molar-refractivity contribution in [3.05, 3.63) is 64.4 Å². The molecule has 2 aromatic rings. The van der Waals surface area contributed by atoms with E-state index in [1.165, 1.54) is 29.2 Å². The topological polar surface area (TPSA) is 92.8 Å². The Balaban J connectivity index is 1.85. The molecule has 0 bridgehead atoms. The van der Waals surface area contributed by atoms with Crippen molar-refractivity contribution in [3.8, 4) is 0 Å². The molecule has 29 heavy (non-hydrogen) atoms. The summed E-state index contributed by atoms with van der Waals surface area (Å²) in [6.07, 6.45) is 0. The van der Waals surface area contributed by atoms with Gasteiger partial charge in [-0.1, -0.05) is 34.1 Å². The molecule has 7 nitrogen and oxygen atoms in total. The van der Waals surface area contributed by atoms with Crippen LogP contribution in [0.3, 0.4) is 0 Å². The van der Waals surface area contributed by atoms with Crippen LogP contribution in [0.15, 0.2) is 57.9 Å². The third-order valence-electron chi connectivity index (χ3n) is 3.87. The molecular formula is C19H20BrFN2O5S. The van der Waals surface area contributed by atoms with Crippen LogP contribution in [0.5, 0.6) is 0 Å². The Morgan fingerprint density at radius 2 is 1.90 bits per heavy atom. The first-order valence-corrected chi connectivity index (χ1v) is 10.9. The minimum absolute atomic E-state index is 0.0111. The molecule has 0 aromatic heterocycles. The van der Waals surface area contributed by atoms with Crippen LogP contribution in [0, 0.1) is 5.82 Å². The number of nitrogens with zero attached hydrogens (tertiary/aromatic N) is 1. The number of carbonyl (C=O) groups excluding carboxylic acids is 2. The zero-order valence-corrected chi connectivity index (χ0v) is 18.0. The van der Waals surface area contributed by atoms with Gasteiger partial charge in [0.1, 0.15) is 12.4 Å². The molecule has 0 unspecified atom stereocenters. The summed E-state index contributed by atoms with van der Waals surface area (Å²) in [7, 11) is -3.89. The van der Waals surface area contributed by atoms with Crippen molar-refractivity contribution >= 4 is 37.8 Å². The second-order valence-electron chi connectivity index (χ2n) is 5.98. The number of amides is 1. The van der Waals surface area contributed by atoms with E-state index in [9.17, 15) is 22.4 Å². The van der Waals surface area contributed by atoms with E-state index in [0.29, 0.717) is 16.6 Å². The number of ether oxygens (including phenoxy) is 1. The van der Waals surface area contributed by atoms with Gasteiger partial charge < -0.3 is 9.64 Å². The number of carbonyl (C=O) groups is 2. The van der Waals surface area contributed by atoms with Gasteiger partial charge in [-0.05, 0) is 42.8 Å². The molecule has 10 heteroatoms. The molecule has 1 N–H and O–H groups in total. The average Bonchev–Trinajstić information content (AvgIpc) is 2.68. The van der Waals surface area contributed by atoms with Crippen LogP contribution in [-0.4, -0.2) is 44.9 Å². The molecule has 0 radical (unpaired) electrons. The van der Waals surface area contributed by atoms with E-state index < -0.39 is 40.9 Å². The minimum atomic E-state index is -3.89. The van der Waals surface area contributed by atoms with E-state index in [1.54, 1.807) is 31.2 Å². The van der Waals surface area contributed by atoms with Gasteiger partial charge in [0.25, 0.3) is 5.91 Å². The van der Waals surface area contributed by atoms with Gasteiger partial charge in [-0.25, -0.2) is 12.8 Å². The van der Waals surface area contributed by atoms with Crippen molar-refractivity contribution < 1.29 is 27.1 Å². The number of hydrogen-bond acceptors (Lipinski definition) is 5.